The largest absolute Gasteiger partial charge is 0.309 e. The minimum absolute atomic E-state index is 1.16. The highest BCUT2D eigenvalue weighted by molar-refractivity contribution is 7.26. The molecule has 17 rings (SSSR count). The number of hydrogen-bond donors (Lipinski definition) is 0. The van der Waals surface area contributed by atoms with Gasteiger partial charge in [-0.05, 0) is 151 Å². The van der Waals surface area contributed by atoms with Crippen molar-refractivity contribution in [2.75, 3.05) is 0 Å². The molecule has 0 radical (unpaired) electrons. The first-order valence-corrected chi connectivity index (χ1v) is 27.0. The van der Waals surface area contributed by atoms with E-state index in [1.54, 1.807) is 0 Å². The van der Waals surface area contributed by atoms with Crippen molar-refractivity contribution in [2.45, 2.75) is 0 Å². The molecule has 4 heterocycles. The van der Waals surface area contributed by atoms with Crippen LogP contribution in [0.15, 0.2) is 243 Å². The van der Waals surface area contributed by atoms with Gasteiger partial charge in [0.1, 0.15) is 0 Å². The van der Waals surface area contributed by atoms with Crippen LogP contribution in [-0.2, 0) is 0 Å². The fourth-order valence-corrected chi connectivity index (χ4v) is 15.1. The van der Waals surface area contributed by atoms with Crippen molar-refractivity contribution in [3.05, 3.63) is 243 Å². The molecule has 342 valence electrons. The molecule has 0 atom stereocenters. The second-order valence-corrected chi connectivity index (χ2v) is 22.1. The lowest BCUT2D eigenvalue weighted by molar-refractivity contribution is 1.18. The van der Waals surface area contributed by atoms with E-state index < -0.39 is 0 Å². The van der Waals surface area contributed by atoms with E-state index in [-0.39, 0.29) is 0 Å². The van der Waals surface area contributed by atoms with Crippen molar-refractivity contribution in [2.24, 2.45) is 0 Å². The molecule has 0 bridgehead atoms. The lowest BCUT2D eigenvalue weighted by Crippen LogP contribution is -1.96. The molecule has 0 aliphatic heterocycles. The minimum Gasteiger partial charge on any atom is -0.309 e. The van der Waals surface area contributed by atoms with Crippen molar-refractivity contribution >= 4 is 150 Å². The molecule has 0 aliphatic carbocycles. The summed E-state index contributed by atoms with van der Waals surface area (Å²) in [7, 11) is 0. The predicted molar refractivity (Wildman–Crippen MR) is 322 cm³/mol. The normalized spacial score (nSPS) is 12.3. The van der Waals surface area contributed by atoms with Crippen molar-refractivity contribution in [1.29, 1.82) is 0 Å². The molecule has 4 heteroatoms. The molecule has 0 spiro atoms. The summed E-state index contributed by atoms with van der Waals surface area (Å²) in [5.74, 6) is 0. The van der Waals surface area contributed by atoms with E-state index in [4.69, 9.17) is 0 Å². The molecule has 0 N–H and O–H groups in total. The Bertz CT molecular complexity index is 4910. The van der Waals surface area contributed by atoms with Crippen LogP contribution < -0.4 is 0 Å². The van der Waals surface area contributed by atoms with Gasteiger partial charge >= 0.3 is 0 Å². The highest BCUT2D eigenvalue weighted by Gasteiger charge is 2.23. The molecule has 17 aromatic rings. The van der Waals surface area contributed by atoms with Gasteiger partial charge in [-0.25, -0.2) is 0 Å². The number of fused-ring (bicyclic) bond motifs is 18. The summed E-state index contributed by atoms with van der Waals surface area (Å²) < 4.78 is 10.2. The Labute approximate surface area is 432 Å². The summed E-state index contributed by atoms with van der Waals surface area (Å²) >= 11 is 3.79. The lowest BCUT2D eigenvalue weighted by atomic mass is 9.87. The topological polar surface area (TPSA) is 9.86 Å². The number of thiophene rings is 2. The SMILES string of the molecule is c1ccc(-n2c3ccccc3c3cccc(-c4cc5cc6c(cc(-c7cccc8c9ccccc9n(-c9ccccc9)c78)c7cc8c(cc76)sc6ccccc68)cc5c5cc6sc7ccccc7c6cc45)c32)cc1. The Hall–Kier alpha value is -9.06. The smallest absolute Gasteiger partial charge is 0.0619 e. The fraction of sp³-hybridized carbons (Fsp3) is 0. The zero-order valence-corrected chi connectivity index (χ0v) is 41.4. The first-order chi connectivity index (χ1) is 36.7. The zero-order valence-electron chi connectivity index (χ0n) is 39.8. The molecular weight excluding hydrogens is 933 g/mol. The standard InChI is InChI=1S/C70H40N2S2/c1-3-17-43(18-4-1)71-63-29-11-7-21-45(63)49-25-15-27-51(69(49)71)55-35-41-33-54-42(34-53(41)59-39-67-61(37-57(55)59)47-23-9-13-31-65(47)73-67)36-56(58-38-62-48-24-10-14-32-66(48)74-68(62)40-60(54)58)52-28-16-26-50-46-22-8-12-30-64(46)72(70(50)52)44-19-5-2-6-20-44/h1-40H. The predicted octanol–water partition coefficient (Wildman–Crippen LogP) is 20.6. The third kappa shape index (κ3) is 5.64. The van der Waals surface area contributed by atoms with Crippen molar-refractivity contribution < 1.29 is 0 Å². The quantitative estimate of drug-likeness (QED) is 0.123. The van der Waals surface area contributed by atoms with Gasteiger partial charge in [-0.15, -0.1) is 22.7 Å². The maximum absolute atomic E-state index is 2.52. The molecule has 0 aliphatic rings. The maximum Gasteiger partial charge on any atom is 0.0619 e. The van der Waals surface area contributed by atoms with Crippen molar-refractivity contribution in [3.63, 3.8) is 0 Å². The first-order valence-electron chi connectivity index (χ1n) is 25.4. The van der Waals surface area contributed by atoms with Gasteiger partial charge in [-0.2, -0.15) is 0 Å². The van der Waals surface area contributed by atoms with Gasteiger partial charge in [0.25, 0.3) is 0 Å². The average molecular weight is 973 g/mol. The van der Waals surface area contributed by atoms with Gasteiger partial charge in [-0.3, -0.25) is 0 Å². The molecule has 0 saturated carbocycles. The van der Waals surface area contributed by atoms with Crippen LogP contribution in [0.25, 0.3) is 161 Å². The first kappa shape index (κ1) is 40.5. The van der Waals surface area contributed by atoms with Gasteiger partial charge in [0, 0.05) is 84.4 Å². The summed E-state index contributed by atoms with van der Waals surface area (Å²) in [5, 5.41) is 20.3. The number of hydrogen-bond acceptors (Lipinski definition) is 2. The van der Waals surface area contributed by atoms with Crippen LogP contribution in [-0.4, -0.2) is 9.13 Å². The van der Waals surface area contributed by atoms with Crippen LogP contribution in [0.4, 0.5) is 0 Å². The number of nitrogens with zero attached hydrogens (tertiary/aromatic N) is 2. The van der Waals surface area contributed by atoms with Crippen LogP contribution in [0.1, 0.15) is 0 Å². The number of rotatable bonds is 4. The van der Waals surface area contributed by atoms with Crippen LogP contribution in [0, 0.1) is 0 Å². The Balaban J connectivity index is 1.03. The third-order valence-corrected chi connectivity index (χ3v) is 18.3. The van der Waals surface area contributed by atoms with Crippen molar-refractivity contribution in [3.8, 4) is 33.6 Å². The van der Waals surface area contributed by atoms with E-state index in [0.29, 0.717) is 0 Å². The van der Waals surface area contributed by atoms with Crippen LogP contribution in [0.2, 0.25) is 0 Å². The van der Waals surface area contributed by atoms with Crippen LogP contribution >= 0.6 is 22.7 Å². The molecular formula is C70H40N2S2. The highest BCUT2D eigenvalue weighted by atomic mass is 32.1. The molecule has 2 nitrogen and oxygen atoms in total. The van der Waals surface area contributed by atoms with E-state index in [0.717, 1.165) is 11.4 Å². The number of benzene rings is 13. The second-order valence-electron chi connectivity index (χ2n) is 19.9. The molecule has 0 fully saturated rings. The Morgan fingerprint density at radius 2 is 0.608 bits per heavy atom. The van der Waals surface area contributed by atoms with Gasteiger partial charge in [0.05, 0.1) is 22.1 Å². The molecule has 13 aromatic carbocycles. The summed E-state index contributed by atoms with van der Waals surface area (Å²) in [6, 6.07) is 91.3. The molecule has 0 amide bonds. The molecule has 74 heavy (non-hydrogen) atoms. The van der Waals surface area contributed by atoms with Gasteiger partial charge < -0.3 is 9.13 Å². The van der Waals surface area contributed by atoms with Gasteiger partial charge in [0.15, 0.2) is 0 Å². The number of aromatic nitrogens is 2. The average Bonchev–Trinajstić information content (AvgIpc) is 4.25. The lowest BCUT2D eigenvalue weighted by Gasteiger charge is -2.18. The van der Waals surface area contributed by atoms with E-state index in [9.17, 15) is 0 Å². The van der Waals surface area contributed by atoms with E-state index in [1.165, 1.54) is 149 Å². The summed E-state index contributed by atoms with van der Waals surface area (Å²) in [4.78, 5) is 0. The number of para-hydroxylation sites is 6. The molecule has 4 aromatic heterocycles. The summed E-state index contributed by atoms with van der Waals surface area (Å²) in [5.41, 5.74) is 12.1. The zero-order chi connectivity index (χ0) is 48.2. The monoisotopic (exact) mass is 972 g/mol. The highest BCUT2D eigenvalue weighted by Crippen LogP contribution is 2.49. The van der Waals surface area contributed by atoms with E-state index >= 15 is 0 Å². The van der Waals surface area contributed by atoms with Gasteiger partial charge in [-0.1, -0.05) is 146 Å². The van der Waals surface area contributed by atoms with E-state index in [1.807, 2.05) is 22.7 Å². The Morgan fingerprint density at radius 1 is 0.216 bits per heavy atom. The fourth-order valence-electron chi connectivity index (χ4n) is 12.8. The Morgan fingerprint density at radius 3 is 1.07 bits per heavy atom. The molecule has 0 saturated heterocycles. The van der Waals surface area contributed by atoms with Crippen LogP contribution in [0.3, 0.4) is 0 Å². The van der Waals surface area contributed by atoms with E-state index in [2.05, 4.69) is 252 Å². The minimum atomic E-state index is 1.16. The maximum atomic E-state index is 2.52. The van der Waals surface area contributed by atoms with Crippen LogP contribution in [0.5, 0.6) is 0 Å². The molecule has 0 unspecified atom stereocenters. The third-order valence-electron chi connectivity index (χ3n) is 16.0. The van der Waals surface area contributed by atoms with Crippen molar-refractivity contribution in [1.82, 2.24) is 9.13 Å². The summed E-state index contributed by atoms with van der Waals surface area (Å²) in [6.45, 7) is 0. The second kappa shape index (κ2) is 15.2. The van der Waals surface area contributed by atoms with Gasteiger partial charge in [0.2, 0.25) is 0 Å². The summed E-state index contributed by atoms with van der Waals surface area (Å²) in [6.07, 6.45) is 0. The Kier molecular flexibility index (Phi) is 8.34.